The molecule has 1 aliphatic rings. The van der Waals surface area contributed by atoms with E-state index in [1.54, 1.807) is 0 Å². The van der Waals surface area contributed by atoms with Crippen molar-refractivity contribution < 1.29 is 5.11 Å². The molecule has 0 bridgehead atoms. The van der Waals surface area contributed by atoms with Gasteiger partial charge in [0.2, 0.25) is 0 Å². The van der Waals surface area contributed by atoms with Crippen LogP contribution in [0.25, 0.3) is 0 Å². The first-order chi connectivity index (χ1) is 8.97. The van der Waals surface area contributed by atoms with E-state index in [4.69, 9.17) is 0 Å². The lowest BCUT2D eigenvalue weighted by Crippen LogP contribution is -2.37. The zero-order valence-electron chi connectivity index (χ0n) is 12.0. The highest BCUT2D eigenvalue weighted by Gasteiger charge is 2.34. The standard InChI is InChI=1S/C17H25BrO/c1-13(2)10-15-4-3-9-17(19,12-15)11-14-5-7-16(18)8-6-14/h5-8,13,15,19H,3-4,9-12H2,1-2H3. The van der Waals surface area contributed by atoms with Gasteiger partial charge in [0.15, 0.2) is 0 Å². The molecule has 1 nitrogen and oxygen atoms in total. The first-order valence-electron chi connectivity index (χ1n) is 7.44. The normalized spacial score (nSPS) is 27.7. The summed E-state index contributed by atoms with van der Waals surface area (Å²) in [6.07, 6.45) is 6.45. The molecule has 0 aliphatic heterocycles. The maximum atomic E-state index is 10.9. The number of hydrogen-bond donors (Lipinski definition) is 1. The third-order valence-electron chi connectivity index (χ3n) is 4.17. The molecule has 1 aromatic carbocycles. The molecule has 0 spiro atoms. The molecule has 2 atom stereocenters. The topological polar surface area (TPSA) is 20.2 Å². The minimum atomic E-state index is -0.481. The van der Waals surface area contributed by atoms with Gasteiger partial charge in [-0.3, -0.25) is 0 Å². The van der Waals surface area contributed by atoms with Gasteiger partial charge >= 0.3 is 0 Å². The van der Waals surface area contributed by atoms with E-state index in [0.717, 1.165) is 29.7 Å². The van der Waals surface area contributed by atoms with Crippen LogP contribution in [0.4, 0.5) is 0 Å². The maximum Gasteiger partial charge on any atom is 0.0690 e. The predicted octanol–water partition coefficient (Wildman–Crippen LogP) is 4.96. The molecule has 0 aromatic heterocycles. The molecule has 0 amide bonds. The van der Waals surface area contributed by atoms with Gasteiger partial charge in [-0.2, -0.15) is 0 Å². The Kier molecular flexibility index (Phi) is 5.08. The molecule has 1 aromatic rings. The average Bonchev–Trinajstić information content (AvgIpc) is 2.31. The Balaban J connectivity index is 1.99. The van der Waals surface area contributed by atoms with Gasteiger partial charge < -0.3 is 5.11 Å². The minimum absolute atomic E-state index is 0.481. The average molecular weight is 325 g/mol. The largest absolute Gasteiger partial charge is 0.390 e. The van der Waals surface area contributed by atoms with Crippen molar-refractivity contribution in [2.45, 2.75) is 58.0 Å². The summed E-state index contributed by atoms with van der Waals surface area (Å²) < 4.78 is 1.10. The number of rotatable bonds is 4. The Hall–Kier alpha value is -0.340. The van der Waals surface area contributed by atoms with Crippen LogP contribution in [0.2, 0.25) is 0 Å². The second kappa shape index (κ2) is 6.41. The molecular weight excluding hydrogens is 300 g/mol. The lowest BCUT2D eigenvalue weighted by Gasteiger charge is -2.37. The number of aliphatic hydroxyl groups is 1. The highest BCUT2D eigenvalue weighted by atomic mass is 79.9. The predicted molar refractivity (Wildman–Crippen MR) is 84.2 cm³/mol. The molecule has 0 heterocycles. The van der Waals surface area contributed by atoms with Crippen LogP contribution in [0, 0.1) is 11.8 Å². The van der Waals surface area contributed by atoms with Gasteiger partial charge in [-0.25, -0.2) is 0 Å². The quantitative estimate of drug-likeness (QED) is 0.829. The van der Waals surface area contributed by atoms with Crippen molar-refractivity contribution in [2.75, 3.05) is 0 Å². The molecule has 1 N–H and O–H groups in total. The summed E-state index contributed by atoms with van der Waals surface area (Å²) in [4.78, 5) is 0. The molecule has 1 aliphatic carbocycles. The van der Waals surface area contributed by atoms with Crippen molar-refractivity contribution in [1.29, 1.82) is 0 Å². The molecular formula is C17H25BrO. The van der Waals surface area contributed by atoms with E-state index >= 15 is 0 Å². The highest BCUT2D eigenvalue weighted by molar-refractivity contribution is 9.10. The maximum absolute atomic E-state index is 10.9. The highest BCUT2D eigenvalue weighted by Crippen LogP contribution is 2.37. The Morgan fingerprint density at radius 3 is 2.63 bits per heavy atom. The van der Waals surface area contributed by atoms with Crippen molar-refractivity contribution in [3.05, 3.63) is 34.3 Å². The van der Waals surface area contributed by atoms with Crippen LogP contribution in [0.1, 0.15) is 51.5 Å². The number of halogens is 1. The van der Waals surface area contributed by atoms with Crippen molar-refractivity contribution in [3.8, 4) is 0 Å². The van der Waals surface area contributed by atoms with Crippen molar-refractivity contribution in [3.63, 3.8) is 0 Å². The van der Waals surface area contributed by atoms with Gasteiger partial charge in [0, 0.05) is 10.9 Å². The van der Waals surface area contributed by atoms with Crippen LogP contribution >= 0.6 is 15.9 Å². The molecule has 0 radical (unpaired) electrons. The zero-order chi connectivity index (χ0) is 13.9. The molecule has 0 saturated heterocycles. The van der Waals surface area contributed by atoms with Crippen LogP contribution in [0.3, 0.4) is 0 Å². The second-order valence-corrected chi connectivity index (χ2v) is 7.54. The molecule has 2 rings (SSSR count). The van der Waals surface area contributed by atoms with E-state index < -0.39 is 5.60 Å². The van der Waals surface area contributed by atoms with Crippen LogP contribution in [0.5, 0.6) is 0 Å². The first-order valence-corrected chi connectivity index (χ1v) is 8.23. The van der Waals surface area contributed by atoms with Crippen molar-refractivity contribution in [1.82, 2.24) is 0 Å². The Morgan fingerprint density at radius 1 is 1.32 bits per heavy atom. The van der Waals surface area contributed by atoms with Crippen LogP contribution in [-0.4, -0.2) is 10.7 Å². The van der Waals surface area contributed by atoms with Gasteiger partial charge in [0.1, 0.15) is 0 Å². The van der Waals surface area contributed by atoms with Gasteiger partial charge in [-0.1, -0.05) is 54.8 Å². The van der Waals surface area contributed by atoms with Crippen molar-refractivity contribution in [2.24, 2.45) is 11.8 Å². The second-order valence-electron chi connectivity index (χ2n) is 6.62. The van der Waals surface area contributed by atoms with E-state index in [0.29, 0.717) is 5.92 Å². The van der Waals surface area contributed by atoms with E-state index in [-0.39, 0.29) is 0 Å². The molecule has 106 valence electrons. The lowest BCUT2D eigenvalue weighted by atomic mass is 9.73. The minimum Gasteiger partial charge on any atom is -0.390 e. The van der Waals surface area contributed by atoms with Gasteiger partial charge in [0.25, 0.3) is 0 Å². The van der Waals surface area contributed by atoms with Crippen LogP contribution in [-0.2, 0) is 6.42 Å². The fourth-order valence-corrected chi connectivity index (χ4v) is 3.74. The van der Waals surface area contributed by atoms with E-state index in [1.165, 1.54) is 24.8 Å². The summed E-state index contributed by atoms with van der Waals surface area (Å²) in [5.41, 5.74) is 0.766. The molecule has 2 heteroatoms. The number of hydrogen-bond acceptors (Lipinski definition) is 1. The first kappa shape index (κ1) is 15.1. The van der Waals surface area contributed by atoms with Gasteiger partial charge in [-0.05, 0) is 48.8 Å². The smallest absolute Gasteiger partial charge is 0.0690 e. The monoisotopic (exact) mass is 324 g/mol. The fraction of sp³-hybridized carbons (Fsp3) is 0.647. The van der Waals surface area contributed by atoms with Gasteiger partial charge in [0.05, 0.1) is 5.60 Å². The Labute approximate surface area is 125 Å². The molecule has 19 heavy (non-hydrogen) atoms. The van der Waals surface area contributed by atoms with Gasteiger partial charge in [-0.15, -0.1) is 0 Å². The number of benzene rings is 1. The van der Waals surface area contributed by atoms with Crippen molar-refractivity contribution >= 4 is 15.9 Å². The van der Waals surface area contributed by atoms with E-state index in [1.807, 2.05) is 0 Å². The van der Waals surface area contributed by atoms with Crippen LogP contribution in [0.15, 0.2) is 28.7 Å². The SMILES string of the molecule is CC(C)CC1CCCC(O)(Cc2ccc(Br)cc2)C1. The third-order valence-corrected chi connectivity index (χ3v) is 4.70. The summed E-state index contributed by atoms with van der Waals surface area (Å²) in [6, 6.07) is 8.36. The molecule has 1 fully saturated rings. The fourth-order valence-electron chi connectivity index (χ4n) is 3.47. The molecule has 2 unspecified atom stereocenters. The summed E-state index contributed by atoms with van der Waals surface area (Å²) in [5, 5.41) is 10.9. The van der Waals surface area contributed by atoms with E-state index in [9.17, 15) is 5.11 Å². The summed E-state index contributed by atoms with van der Waals surface area (Å²) >= 11 is 3.46. The summed E-state index contributed by atoms with van der Waals surface area (Å²) in [7, 11) is 0. The third kappa shape index (κ3) is 4.61. The van der Waals surface area contributed by atoms with Crippen LogP contribution < -0.4 is 0 Å². The summed E-state index contributed by atoms with van der Waals surface area (Å²) in [6.45, 7) is 4.56. The molecule has 1 saturated carbocycles. The Morgan fingerprint density at radius 2 is 2.00 bits per heavy atom. The summed E-state index contributed by atoms with van der Waals surface area (Å²) in [5.74, 6) is 1.44. The van der Waals surface area contributed by atoms with E-state index in [2.05, 4.69) is 54.0 Å². The zero-order valence-corrected chi connectivity index (χ0v) is 13.6. The Bertz CT molecular complexity index is 398. The lowest BCUT2D eigenvalue weighted by molar-refractivity contribution is -0.0189.